The van der Waals surface area contributed by atoms with Crippen LogP contribution in [0, 0.1) is 13.8 Å². The van der Waals surface area contributed by atoms with E-state index in [0.717, 1.165) is 16.7 Å². The second kappa shape index (κ2) is 7.39. The zero-order chi connectivity index (χ0) is 20.5. The molecular weight excluding hydrogens is 368 g/mol. The van der Waals surface area contributed by atoms with Gasteiger partial charge in [0.15, 0.2) is 11.5 Å². The number of aryl methyl sites for hydroxylation is 2. The summed E-state index contributed by atoms with van der Waals surface area (Å²) in [6.45, 7) is 3.90. The molecule has 1 atom stereocenters. The molecule has 29 heavy (non-hydrogen) atoms. The van der Waals surface area contributed by atoms with Crippen LogP contribution in [-0.4, -0.2) is 26.7 Å². The lowest BCUT2D eigenvalue weighted by Gasteiger charge is -2.26. The third kappa shape index (κ3) is 3.45. The summed E-state index contributed by atoms with van der Waals surface area (Å²) in [6.07, 6.45) is 3.31. The second-order valence-electron chi connectivity index (χ2n) is 7.11. The highest BCUT2D eigenvalue weighted by Crippen LogP contribution is 2.40. The van der Waals surface area contributed by atoms with Crippen LogP contribution >= 0.6 is 0 Å². The van der Waals surface area contributed by atoms with Gasteiger partial charge < -0.3 is 14.4 Å². The maximum absolute atomic E-state index is 13.2. The molecule has 6 heteroatoms. The van der Waals surface area contributed by atoms with E-state index in [1.54, 1.807) is 37.5 Å². The van der Waals surface area contributed by atoms with Gasteiger partial charge in [0.2, 0.25) is 5.78 Å². The summed E-state index contributed by atoms with van der Waals surface area (Å²) in [4.78, 5) is 31.7. The molecule has 1 aromatic carbocycles. The quantitative estimate of drug-likeness (QED) is 0.666. The highest BCUT2D eigenvalue weighted by atomic mass is 16.3. The minimum absolute atomic E-state index is 0.0251. The molecule has 0 saturated heterocycles. The number of benzene rings is 1. The van der Waals surface area contributed by atoms with E-state index in [1.807, 2.05) is 37.3 Å². The predicted molar refractivity (Wildman–Crippen MR) is 106 cm³/mol. The minimum atomic E-state index is -0.721. The lowest BCUT2D eigenvalue weighted by Crippen LogP contribution is -2.30. The Balaban J connectivity index is 1.79. The van der Waals surface area contributed by atoms with Crippen LogP contribution in [0.2, 0.25) is 0 Å². The second-order valence-corrected chi connectivity index (χ2v) is 7.11. The first kappa shape index (κ1) is 18.7. The van der Waals surface area contributed by atoms with Crippen molar-refractivity contribution in [2.45, 2.75) is 26.4 Å². The molecule has 0 aliphatic carbocycles. The Kier molecular flexibility index (Phi) is 4.76. The fraction of sp³-hybridized carbons (Fsp3) is 0.174. The molecule has 0 bridgehead atoms. The van der Waals surface area contributed by atoms with Crippen molar-refractivity contribution in [3.63, 3.8) is 0 Å². The van der Waals surface area contributed by atoms with Crippen LogP contribution < -0.4 is 0 Å². The largest absolute Gasteiger partial charge is 0.503 e. The van der Waals surface area contributed by atoms with Gasteiger partial charge in [0.05, 0.1) is 11.6 Å². The number of hydrogen-bond donors (Lipinski definition) is 1. The van der Waals surface area contributed by atoms with Crippen molar-refractivity contribution < 1.29 is 19.1 Å². The average molecular weight is 388 g/mol. The first-order chi connectivity index (χ1) is 14.0. The number of aliphatic hydroxyl groups is 1. The fourth-order valence-electron chi connectivity index (χ4n) is 3.52. The van der Waals surface area contributed by atoms with Crippen molar-refractivity contribution in [3.05, 3.63) is 100 Å². The smallest absolute Gasteiger partial charge is 0.290 e. The van der Waals surface area contributed by atoms with Crippen molar-refractivity contribution in [1.82, 2.24) is 9.88 Å². The Labute approximate surface area is 168 Å². The van der Waals surface area contributed by atoms with Crippen molar-refractivity contribution in [1.29, 1.82) is 0 Å². The molecule has 0 spiro atoms. The number of carbonyl (C=O) groups excluding carboxylic acids is 2. The maximum Gasteiger partial charge on any atom is 0.290 e. The van der Waals surface area contributed by atoms with E-state index in [2.05, 4.69) is 4.98 Å². The van der Waals surface area contributed by atoms with Crippen LogP contribution in [0.1, 0.15) is 39.0 Å². The van der Waals surface area contributed by atoms with E-state index in [0.29, 0.717) is 5.76 Å². The van der Waals surface area contributed by atoms with Crippen molar-refractivity contribution in [2.24, 2.45) is 0 Å². The number of hydrogen-bond acceptors (Lipinski definition) is 5. The number of rotatable bonds is 5. The predicted octanol–water partition coefficient (Wildman–Crippen LogP) is 4.07. The molecule has 0 radical (unpaired) electrons. The summed E-state index contributed by atoms with van der Waals surface area (Å²) in [6, 6.07) is 13.7. The highest BCUT2D eigenvalue weighted by Gasteiger charge is 2.44. The van der Waals surface area contributed by atoms with Gasteiger partial charge in [-0.05, 0) is 43.2 Å². The average Bonchev–Trinajstić information content (AvgIpc) is 3.26. The van der Waals surface area contributed by atoms with Gasteiger partial charge >= 0.3 is 0 Å². The van der Waals surface area contributed by atoms with Gasteiger partial charge in [-0.15, -0.1) is 0 Å². The van der Waals surface area contributed by atoms with E-state index in [1.165, 1.54) is 4.90 Å². The number of furan rings is 1. The number of carbonyl (C=O) groups is 2. The Morgan fingerprint density at radius 1 is 1.14 bits per heavy atom. The summed E-state index contributed by atoms with van der Waals surface area (Å²) < 4.78 is 5.46. The Bertz CT molecular complexity index is 1100. The molecule has 2 aromatic heterocycles. The molecule has 0 fully saturated rings. The first-order valence-electron chi connectivity index (χ1n) is 9.26. The van der Waals surface area contributed by atoms with E-state index < -0.39 is 23.5 Å². The van der Waals surface area contributed by atoms with Gasteiger partial charge in [-0.25, -0.2) is 0 Å². The summed E-state index contributed by atoms with van der Waals surface area (Å²) in [5, 5.41) is 10.6. The third-order valence-electron chi connectivity index (χ3n) is 4.98. The molecule has 0 unspecified atom stereocenters. The molecule has 1 N–H and O–H groups in total. The van der Waals surface area contributed by atoms with Crippen molar-refractivity contribution in [2.75, 3.05) is 0 Å². The zero-order valence-electron chi connectivity index (χ0n) is 16.1. The Hall–Kier alpha value is -3.67. The molecular formula is C23H20N2O4. The molecule has 3 aromatic rings. The van der Waals surface area contributed by atoms with Gasteiger partial charge in [0.1, 0.15) is 5.76 Å². The normalized spacial score (nSPS) is 16.6. The Morgan fingerprint density at radius 2 is 1.90 bits per heavy atom. The lowest BCUT2D eigenvalue weighted by molar-refractivity contribution is -0.130. The van der Waals surface area contributed by atoms with Crippen LogP contribution in [-0.2, 0) is 11.3 Å². The van der Waals surface area contributed by atoms with Crippen molar-refractivity contribution in [3.8, 4) is 0 Å². The topological polar surface area (TPSA) is 83.6 Å². The maximum atomic E-state index is 13.2. The van der Waals surface area contributed by atoms with Gasteiger partial charge in [-0.1, -0.05) is 35.9 Å². The van der Waals surface area contributed by atoms with Gasteiger partial charge in [0.25, 0.3) is 5.91 Å². The monoisotopic (exact) mass is 388 g/mol. The van der Waals surface area contributed by atoms with Crippen molar-refractivity contribution >= 4 is 11.7 Å². The summed E-state index contributed by atoms with van der Waals surface area (Å²) in [5.41, 5.74) is 2.62. The SMILES string of the molecule is Cc1ccc([C@H]2C(C(=O)c3ccc(C)o3)=C(O)C(=O)N2Cc2cccnc2)cc1. The third-order valence-corrected chi connectivity index (χ3v) is 4.98. The van der Waals surface area contributed by atoms with Crippen LogP contribution in [0.15, 0.2) is 76.7 Å². The van der Waals surface area contributed by atoms with E-state index in [4.69, 9.17) is 4.42 Å². The molecule has 0 saturated carbocycles. The van der Waals surface area contributed by atoms with E-state index >= 15 is 0 Å². The van der Waals surface area contributed by atoms with Crippen LogP contribution in [0.3, 0.4) is 0 Å². The highest BCUT2D eigenvalue weighted by molar-refractivity contribution is 6.15. The summed E-state index contributed by atoms with van der Waals surface area (Å²) in [5.74, 6) is -0.957. The Morgan fingerprint density at radius 3 is 2.52 bits per heavy atom. The molecule has 6 nitrogen and oxygen atoms in total. The number of amides is 1. The number of nitrogens with zero attached hydrogens (tertiary/aromatic N) is 2. The molecule has 1 amide bonds. The first-order valence-corrected chi connectivity index (χ1v) is 9.26. The summed E-state index contributed by atoms with van der Waals surface area (Å²) in [7, 11) is 0. The number of ketones is 1. The molecule has 3 heterocycles. The minimum Gasteiger partial charge on any atom is -0.503 e. The van der Waals surface area contributed by atoms with Crippen LogP contribution in [0.5, 0.6) is 0 Å². The fourth-order valence-corrected chi connectivity index (χ4v) is 3.52. The number of aliphatic hydroxyl groups excluding tert-OH is 1. The zero-order valence-corrected chi connectivity index (χ0v) is 16.1. The number of Topliss-reactive ketones (excluding diaryl/α,β-unsaturated/α-hetero) is 1. The summed E-state index contributed by atoms with van der Waals surface area (Å²) >= 11 is 0. The van der Waals surface area contributed by atoms with Gasteiger partial charge in [0, 0.05) is 18.9 Å². The number of aromatic nitrogens is 1. The molecule has 4 rings (SSSR count). The van der Waals surface area contributed by atoms with Crippen LogP contribution in [0.4, 0.5) is 0 Å². The molecule has 146 valence electrons. The van der Waals surface area contributed by atoms with E-state index in [-0.39, 0.29) is 17.9 Å². The standard InChI is InChI=1S/C23H20N2O4/c1-14-5-8-17(9-6-14)20-19(21(26)18-10-7-15(2)29-18)22(27)23(28)25(20)13-16-4-3-11-24-12-16/h3-12,20,27H,13H2,1-2H3/t20-/m0/s1. The van der Waals surface area contributed by atoms with Gasteiger partial charge in [-0.2, -0.15) is 0 Å². The van der Waals surface area contributed by atoms with Gasteiger partial charge in [-0.3, -0.25) is 14.6 Å². The number of pyridine rings is 1. The molecule has 1 aliphatic heterocycles. The van der Waals surface area contributed by atoms with Crippen LogP contribution in [0.25, 0.3) is 0 Å². The van der Waals surface area contributed by atoms with E-state index in [9.17, 15) is 14.7 Å². The lowest BCUT2D eigenvalue weighted by atomic mass is 9.94. The molecule has 1 aliphatic rings.